The second-order valence-corrected chi connectivity index (χ2v) is 7.32. The monoisotopic (exact) mass is 348 g/mol. The summed E-state index contributed by atoms with van der Waals surface area (Å²) in [5, 5.41) is 12.8. The normalized spacial score (nSPS) is 18.0. The summed E-state index contributed by atoms with van der Waals surface area (Å²) in [6, 6.07) is 6.67. The number of likely N-dealkylation sites (tertiary alicyclic amines) is 1. The molecule has 0 saturated carbocycles. The molecule has 0 aliphatic carbocycles. The van der Waals surface area contributed by atoms with Gasteiger partial charge >= 0.3 is 6.03 Å². The number of nitrogens with zero attached hydrogens (tertiary/aromatic N) is 3. The number of carbonyl (C=O) groups excluding carboxylic acids is 1. The second-order valence-electron chi connectivity index (χ2n) is 6.31. The predicted molar refractivity (Wildman–Crippen MR) is 92.5 cm³/mol. The molecule has 5 nitrogen and oxygen atoms in total. The minimum atomic E-state index is -0.290. The Labute approximate surface area is 144 Å². The Balaban J connectivity index is 1.73. The van der Waals surface area contributed by atoms with Gasteiger partial charge in [-0.3, -0.25) is 0 Å². The van der Waals surface area contributed by atoms with Crippen LogP contribution in [0.5, 0.6) is 0 Å². The molecule has 1 saturated heterocycles. The maximum atomic E-state index is 13.9. The van der Waals surface area contributed by atoms with Gasteiger partial charge in [0.2, 0.25) is 0 Å². The van der Waals surface area contributed by atoms with Crippen molar-refractivity contribution in [3.63, 3.8) is 0 Å². The number of benzene rings is 1. The molecule has 0 spiro atoms. The fourth-order valence-electron chi connectivity index (χ4n) is 2.84. The summed E-state index contributed by atoms with van der Waals surface area (Å²) in [6.07, 6.45) is 1.90. The maximum absolute atomic E-state index is 13.9. The standard InChI is InChI=1S/C17H21FN4OS/c1-11(2)19-17(23)22-9-5-6-12(10-22)15-20-21-16(24-15)13-7-3-4-8-14(13)18/h3-4,7-8,11-12H,5-6,9-10H2,1-2H3,(H,19,23)/t12-/m1/s1. The quantitative estimate of drug-likeness (QED) is 0.921. The molecule has 2 amide bonds. The minimum absolute atomic E-state index is 0.0338. The highest BCUT2D eigenvalue weighted by Crippen LogP contribution is 2.33. The molecule has 1 N–H and O–H groups in total. The van der Waals surface area contributed by atoms with E-state index in [0.717, 1.165) is 24.4 Å². The van der Waals surface area contributed by atoms with Crippen LogP contribution < -0.4 is 5.32 Å². The van der Waals surface area contributed by atoms with Crippen molar-refractivity contribution in [3.8, 4) is 10.6 Å². The van der Waals surface area contributed by atoms with Crippen molar-refractivity contribution >= 4 is 17.4 Å². The van der Waals surface area contributed by atoms with Crippen LogP contribution in [0.3, 0.4) is 0 Å². The predicted octanol–water partition coefficient (Wildman–Crippen LogP) is 3.64. The molecule has 1 aliphatic rings. The van der Waals surface area contributed by atoms with Crippen molar-refractivity contribution in [2.45, 2.75) is 38.6 Å². The van der Waals surface area contributed by atoms with Gasteiger partial charge in [0.25, 0.3) is 0 Å². The van der Waals surface area contributed by atoms with Gasteiger partial charge in [-0.1, -0.05) is 23.5 Å². The lowest BCUT2D eigenvalue weighted by molar-refractivity contribution is 0.177. The number of aromatic nitrogens is 2. The Morgan fingerprint density at radius 1 is 1.38 bits per heavy atom. The Bertz CT molecular complexity index is 718. The van der Waals surface area contributed by atoms with Gasteiger partial charge in [0.1, 0.15) is 10.8 Å². The second kappa shape index (κ2) is 7.25. The average Bonchev–Trinajstić information content (AvgIpc) is 3.04. The number of rotatable bonds is 3. The lowest BCUT2D eigenvalue weighted by Crippen LogP contribution is -2.46. The Morgan fingerprint density at radius 3 is 2.92 bits per heavy atom. The van der Waals surface area contributed by atoms with Crippen LogP contribution >= 0.6 is 11.3 Å². The van der Waals surface area contributed by atoms with Crippen molar-refractivity contribution < 1.29 is 9.18 Å². The topological polar surface area (TPSA) is 58.1 Å². The van der Waals surface area contributed by atoms with Crippen molar-refractivity contribution in [1.82, 2.24) is 20.4 Å². The van der Waals surface area contributed by atoms with Crippen molar-refractivity contribution in [3.05, 3.63) is 35.1 Å². The third-order valence-electron chi connectivity index (χ3n) is 4.01. The van der Waals surface area contributed by atoms with E-state index in [0.29, 0.717) is 17.1 Å². The number of piperidine rings is 1. The Kier molecular flexibility index (Phi) is 5.08. The number of hydrogen-bond acceptors (Lipinski definition) is 4. The zero-order chi connectivity index (χ0) is 17.1. The molecule has 1 aromatic carbocycles. The highest BCUT2D eigenvalue weighted by Gasteiger charge is 2.27. The van der Waals surface area contributed by atoms with E-state index in [4.69, 9.17) is 0 Å². The molecule has 1 aromatic heterocycles. The number of urea groups is 1. The number of carbonyl (C=O) groups is 1. The van der Waals surface area contributed by atoms with E-state index in [1.807, 2.05) is 18.7 Å². The number of amides is 2. The van der Waals surface area contributed by atoms with Crippen molar-refractivity contribution in [2.75, 3.05) is 13.1 Å². The van der Waals surface area contributed by atoms with E-state index in [1.165, 1.54) is 17.4 Å². The van der Waals surface area contributed by atoms with Gasteiger partial charge < -0.3 is 10.2 Å². The van der Waals surface area contributed by atoms with Gasteiger partial charge in [-0.15, -0.1) is 10.2 Å². The molecule has 128 valence electrons. The molecule has 24 heavy (non-hydrogen) atoms. The van der Waals surface area contributed by atoms with Crippen LogP contribution in [-0.4, -0.2) is 40.3 Å². The van der Waals surface area contributed by atoms with E-state index >= 15 is 0 Å². The summed E-state index contributed by atoms with van der Waals surface area (Å²) in [5.41, 5.74) is 0.478. The molecule has 2 heterocycles. The summed E-state index contributed by atoms with van der Waals surface area (Å²) < 4.78 is 13.9. The lowest BCUT2D eigenvalue weighted by atomic mass is 9.99. The van der Waals surface area contributed by atoms with Crippen LogP contribution in [0.4, 0.5) is 9.18 Å². The van der Waals surface area contributed by atoms with Crippen LogP contribution in [-0.2, 0) is 0 Å². The Morgan fingerprint density at radius 2 is 2.17 bits per heavy atom. The van der Waals surface area contributed by atoms with Crippen molar-refractivity contribution in [2.24, 2.45) is 0 Å². The molecule has 0 unspecified atom stereocenters. The molecule has 0 bridgehead atoms. The van der Waals surface area contributed by atoms with Gasteiger partial charge in [0.15, 0.2) is 5.01 Å². The van der Waals surface area contributed by atoms with Crippen LogP contribution in [0.25, 0.3) is 10.6 Å². The highest BCUT2D eigenvalue weighted by atomic mass is 32.1. The van der Waals surface area contributed by atoms with Gasteiger partial charge in [-0.05, 0) is 38.8 Å². The van der Waals surface area contributed by atoms with Gasteiger partial charge in [0.05, 0.1) is 0 Å². The van der Waals surface area contributed by atoms with Crippen LogP contribution in [0.1, 0.15) is 37.6 Å². The van der Waals surface area contributed by atoms with Crippen LogP contribution in [0, 0.1) is 5.82 Å². The van der Waals surface area contributed by atoms with Gasteiger partial charge in [-0.2, -0.15) is 0 Å². The summed E-state index contributed by atoms with van der Waals surface area (Å²) in [4.78, 5) is 14.0. The first-order chi connectivity index (χ1) is 11.5. The smallest absolute Gasteiger partial charge is 0.317 e. The molecule has 0 radical (unpaired) electrons. The summed E-state index contributed by atoms with van der Waals surface area (Å²) in [7, 11) is 0. The number of hydrogen-bond donors (Lipinski definition) is 1. The summed E-state index contributed by atoms with van der Waals surface area (Å²) >= 11 is 1.41. The maximum Gasteiger partial charge on any atom is 0.317 e. The average molecular weight is 348 g/mol. The molecule has 1 atom stereocenters. The van der Waals surface area contributed by atoms with E-state index < -0.39 is 0 Å². The van der Waals surface area contributed by atoms with Gasteiger partial charge in [-0.25, -0.2) is 9.18 Å². The van der Waals surface area contributed by atoms with E-state index in [2.05, 4.69) is 15.5 Å². The zero-order valence-electron chi connectivity index (χ0n) is 13.8. The highest BCUT2D eigenvalue weighted by molar-refractivity contribution is 7.14. The first kappa shape index (κ1) is 16.8. The Hall–Kier alpha value is -2.02. The van der Waals surface area contributed by atoms with Gasteiger partial charge in [0, 0.05) is 30.6 Å². The van der Waals surface area contributed by atoms with E-state index in [-0.39, 0.29) is 23.8 Å². The summed E-state index contributed by atoms with van der Waals surface area (Å²) in [6.45, 7) is 5.29. The number of halogens is 1. The molecular weight excluding hydrogens is 327 g/mol. The largest absolute Gasteiger partial charge is 0.336 e. The summed E-state index contributed by atoms with van der Waals surface area (Å²) in [5.74, 6) is -0.128. The zero-order valence-corrected chi connectivity index (χ0v) is 14.6. The fourth-order valence-corrected chi connectivity index (χ4v) is 3.84. The van der Waals surface area contributed by atoms with Crippen LogP contribution in [0.15, 0.2) is 24.3 Å². The molecule has 7 heteroatoms. The minimum Gasteiger partial charge on any atom is -0.336 e. The molecule has 1 aliphatic heterocycles. The molecule has 3 rings (SSSR count). The first-order valence-corrected chi connectivity index (χ1v) is 9.00. The first-order valence-electron chi connectivity index (χ1n) is 8.18. The van der Waals surface area contributed by atoms with E-state index in [9.17, 15) is 9.18 Å². The van der Waals surface area contributed by atoms with E-state index in [1.54, 1.807) is 18.2 Å². The fraction of sp³-hybridized carbons (Fsp3) is 0.471. The number of nitrogens with one attached hydrogen (secondary N) is 1. The third-order valence-corrected chi connectivity index (χ3v) is 5.13. The SMILES string of the molecule is CC(C)NC(=O)N1CCC[C@@H](c2nnc(-c3ccccc3F)s2)C1. The molecule has 2 aromatic rings. The molecular formula is C17H21FN4OS. The third kappa shape index (κ3) is 3.72. The molecule has 1 fully saturated rings. The van der Waals surface area contributed by atoms with Crippen molar-refractivity contribution in [1.29, 1.82) is 0 Å². The van der Waals surface area contributed by atoms with Crippen LogP contribution in [0.2, 0.25) is 0 Å². The lowest BCUT2D eigenvalue weighted by Gasteiger charge is -2.32.